The third-order valence-electron chi connectivity index (χ3n) is 4.18. The van der Waals surface area contributed by atoms with E-state index in [0.717, 1.165) is 16.3 Å². The van der Waals surface area contributed by atoms with Gasteiger partial charge in [0.05, 0.1) is 12.5 Å². The molecule has 0 unspecified atom stereocenters. The zero-order chi connectivity index (χ0) is 19.1. The van der Waals surface area contributed by atoms with E-state index in [1.165, 1.54) is 4.90 Å². The van der Waals surface area contributed by atoms with E-state index in [4.69, 9.17) is 0 Å². The van der Waals surface area contributed by atoms with Gasteiger partial charge in [-0.25, -0.2) is 0 Å². The van der Waals surface area contributed by atoms with Gasteiger partial charge in [0.1, 0.15) is 0 Å². The van der Waals surface area contributed by atoms with E-state index in [1.807, 2.05) is 42.5 Å². The normalized spacial score (nSPS) is 11.8. The average Bonchev–Trinajstić information content (AvgIpc) is 2.60. The van der Waals surface area contributed by atoms with Gasteiger partial charge in [-0.2, -0.15) is 0 Å². The summed E-state index contributed by atoms with van der Waals surface area (Å²) >= 11 is 0. The maximum Gasteiger partial charge on any atom is 0.305 e. The predicted octanol–water partition coefficient (Wildman–Crippen LogP) is 2.73. The van der Waals surface area contributed by atoms with Gasteiger partial charge in [0.2, 0.25) is 11.8 Å². The standard InChI is InChI=1S/C20H24N2O4/c1-22(2)19(24)9-5-8-18(23)21-17(13-20(25)26)16-11-10-14-6-3-4-7-15(14)12-16/h3-4,6-7,10-12,17H,5,8-9,13H2,1-2H3,(H,21,23)(H,25,26)/t17-/m0/s1. The molecule has 2 aromatic rings. The summed E-state index contributed by atoms with van der Waals surface area (Å²) in [4.78, 5) is 36.4. The Morgan fingerprint density at radius 2 is 1.73 bits per heavy atom. The quantitative estimate of drug-likeness (QED) is 0.761. The molecule has 0 aliphatic carbocycles. The number of carboxylic acid groups (broad SMARTS) is 1. The summed E-state index contributed by atoms with van der Waals surface area (Å²) < 4.78 is 0. The maximum absolute atomic E-state index is 12.2. The molecule has 0 saturated carbocycles. The second-order valence-electron chi connectivity index (χ2n) is 6.47. The second kappa shape index (κ2) is 8.99. The van der Waals surface area contributed by atoms with Gasteiger partial charge < -0.3 is 15.3 Å². The summed E-state index contributed by atoms with van der Waals surface area (Å²) in [7, 11) is 3.34. The Kier molecular flexibility index (Phi) is 6.72. The van der Waals surface area contributed by atoms with E-state index in [0.29, 0.717) is 12.8 Å². The maximum atomic E-state index is 12.2. The number of hydrogen-bond acceptors (Lipinski definition) is 3. The highest BCUT2D eigenvalue weighted by molar-refractivity contribution is 5.84. The molecular formula is C20H24N2O4. The Morgan fingerprint density at radius 1 is 1.04 bits per heavy atom. The Labute approximate surface area is 152 Å². The molecule has 1 atom stereocenters. The zero-order valence-corrected chi connectivity index (χ0v) is 15.1. The second-order valence-corrected chi connectivity index (χ2v) is 6.47. The Morgan fingerprint density at radius 3 is 2.38 bits per heavy atom. The van der Waals surface area contributed by atoms with Crippen molar-refractivity contribution in [3.63, 3.8) is 0 Å². The van der Waals surface area contributed by atoms with Gasteiger partial charge in [-0.1, -0.05) is 36.4 Å². The van der Waals surface area contributed by atoms with Crippen LogP contribution in [-0.4, -0.2) is 41.9 Å². The Balaban J connectivity index is 2.05. The van der Waals surface area contributed by atoms with E-state index in [9.17, 15) is 19.5 Å². The number of benzene rings is 2. The molecule has 0 saturated heterocycles. The van der Waals surface area contributed by atoms with Gasteiger partial charge in [-0.3, -0.25) is 14.4 Å². The molecule has 0 aliphatic heterocycles. The van der Waals surface area contributed by atoms with Crippen molar-refractivity contribution in [2.75, 3.05) is 14.1 Å². The fourth-order valence-electron chi connectivity index (χ4n) is 2.74. The van der Waals surface area contributed by atoms with Crippen LogP contribution in [-0.2, 0) is 14.4 Å². The van der Waals surface area contributed by atoms with E-state index in [-0.39, 0.29) is 24.7 Å². The van der Waals surface area contributed by atoms with Crippen LogP contribution in [0.2, 0.25) is 0 Å². The minimum absolute atomic E-state index is 0.0329. The molecular weight excluding hydrogens is 332 g/mol. The largest absolute Gasteiger partial charge is 0.481 e. The van der Waals surface area contributed by atoms with Crippen LogP contribution in [0.15, 0.2) is 42.5 Å². The third kappa shape index (κ3) is 5.58. The van der Waals surface area contributed by atoms with Gasteiger partial charge >= 0.3 is 5.97 Å². The highest BCUT2D eigenvalue weighted by Crippen LogP contribution is 2.23. The summed E-state index contributed by atoms with van der Waals surface area (Å²) in [6, 6.07) is 12.8. The molecule has 0 fully saturated rings. The molecule has 26 heavy (non-hydrogen) atoms. The first-order valence-corrected chi connectivity index (χ1v) is 8.57. The van der Waals surface area contributed by atoms with Crippen molar-refractivity contribution >= 4 is 28.6 Å². The lowest BCUT2D eigenvalue weighted by Gasteiger charge is -2.18. The number of hydrogen-bond donors (Lipinski definition) is 2. The van der Waals surface area contributed by atoms with Crippen LogP contribution < -0.4 is 5.32 Å². The number of fused-ring (bicyclic) bond motifs is 1. The zero-order valence-electron chi connectivity index (χ0n) is 15.1. The first-order chi connectivity index (χ1) is 12.4. The molecule has 0 bridgehead atoms. The number of rotatable bonds is 8. The van der Waals surface area contributed by atoms with Crippen LogP contribution >= 0.6 is 0 Å². The fraction of sp³-hybridized carbons (Fsp3) is 0.350. The molecule has 0 aromatic heterocycles. The van der Waals surface area contributed by atoms with Crippen LogP contribution in [0.4, 0.5) is 0 Å². The SMILES string of the molecule is CN(C)C(=O)CCCC(=O)N[C@@H](CC(=O)O)c1ccc2ccccc2c1. The average molecular weight is 356 g/mol. The molecule has 6 nitrogen and oxygen atoms in total. The van der Waals surface area contributed by atoms with E-state index in [1.54, 1.807) is 14.1 Å². The molecule has 0 aliphatic rings. The van der Waals surface area contributed by atoms with E-state index in [2.05, 4.69) is 5.32 Å². The monoisotopic (exact) mass is 356 g/mol. The van der Waals surface area contributed by atoms with Crippen molar-refractivity contribution in [2.24, 2.45) is 0 Å². The van der Waals surface area contributed by atoms with Crippen LogP contribution in [0.25, 0.3) is 10.8 Å². The molecule has 2 aromatic carbocycles. The summed E-state index contributed by atoms with van der Waals surface area (Å²) in [6.07, 6.45) is 0.713. The lowest BCUT2D eigenvalue weighted by molar-refractivity contribution is -0.137. The summed E-state index contributed by atoms with van der Waals surface area (Å²) in [5.74, 6) is -1.27. The topological polar surface area (TPSA) is 86.7 Å². The molecule has 2 rings (SSSR count). The van der Waals surface area contributed by atoms with Crippen molar-refractivity contribution < 1.29 is 19.5 Å². The van der Waals surface area contributed by atoms with Gasteiger partial charge in [-0.05, 0) is 28.8 Å². The number of carbonyl (C=O) groups excluding carboxylic acids is 2. The van der Waals surface area contributed by atoms with Crippen molar-refractivity contribution in [3.8, 4) is 0 Å². The van der Waals surface area contributed by atoms with Crippen LogP contribution in [0.3, 0.4) is 0 Å². The van der Waals surface area contributed by atoms with Crippen LogP contribution in [0, 0.1) is 0 Å². The number of carboxylic acids is 1. The summed E-state index contributed by atoms with van der Waals surface area (Å²) in [6.45, 7) is 0. The number of carbonyl (C=O) groups is 3. The lowest BCUT2D eigenvalue weighted by atomic mass is 9.99. The molecule has 0 spiro atoms. The van der Waals surface area contributed by atoms with Crippen molar-refractivity contribution in [1.29, 1.82) is 0 Å². The Hall–Kier alpha value is -2.89. The van der Waals surface area contributed by atoms with Crippen LogP contribution in [0.1, 0.15) is 37.3 Å². The fourth-order valence-corrected chi connectivity index (χ4v) is 2.74. The number of nitrogens with zero attached hydrogens (tertiary/aromatic N) is 1. The van der Waals surface area contributed by atoms with Gasteiger partial charge in [0.25, 0.3) is 0 Å². The van der Waals surface area contributed by atoms with Gasteiger partial charge in [0.15, 0.2) is 0 Å². The molecule has 0 heterocycles. The number of amides is 2. The molecule has 2 amide bonds. The highest BCUT2D eigenvalue weighted by Gasteiger charge is 2.18. The van der Waals surface area contributed by atoms with Crippen molar-refractivity contribution in [1.82, 2.24) is 10.2 Å². The number of nitrogens with one attached hydrogen (secondary N) is 1. The van der Waals surface area contributed by atoms with Gasteiger partial charge in [0, 0.05) is 26.9 Å². The number of aliphatic carboxylic acids is 1. The van der Waals surface area contributed by atoms with E-state index < -0.39 is 12.0 Å². The lowest BCUT2D eigenvalue weighted by Crippen LogP contribution is -2.30. The highest BCUT2D eigenvalue weighted by atomic mass is 16.4. The Bertz CT molecular complexity index is 801. The van der Waals surface area contributed by atoms with Crippen molar-refractivity contribution in [3.05, 3.63) is 48.0 Å². The van der Waals surface area contributed by atoms with Crippen LogP contribution in [0.5, 0.6) is 0 Å². The first-order valence-electron chi connectivity index (χ1n) is 8.57. The third-order valence-corrected chi connectivity index (χ3v) is 4.18. The minimum Gasteiger partial charge on any atom is -0.481 e. The minimum atomic E-state index is -0.980. The molecule has 0 radical (unpaired) electrons. The van der Waals surface area contributed by atoms with Gasteiger partial charge in [-0.15, -0.1) is 0 Å². The molecule has 6 heteroatoms. The summed E-state index contributed by atoms with van der Waals surface area (Å²) in [5.41, 5.74) is 0.754. The van der Waals surface area contributed by atoms with Crippen molar-refractivity contribution in [2.45, 2.75) is 31.7 Å². The molecule has 138 valence electrons. The van der Waals surface area contributed by atoms with E-state index >= 15 is 0 Å². The molecule has 2 N–H and O–H groups in total. The summed E-state index contributed by atoms with van der Waals surface area (Å²) in [5, 5.41) is 14.0. The smallest absolute Gasteiger partial charge is 0.305 e. The predicted molar refractivity (Wildman–Crippen MR) is 99.6 cm³/mol. The first kappa shape index (κ1) is 19.4.